The summed E-state index contributed by atoms with van der Waals surface area (Å²) in [7, 11) is 0. The minimum Gasteiger partial charge on any atom is -0.324 e. The Labute approximate surface area is 106 Å². The van der Waals surface area contributed by atoms with Crippen molar-refractivity contribution < 1.29 is 0 Å². The minimum atomic E-state index is -0.0524. The second kappa shape index (κ2) is 4.82. The lowest BCUT2D eigenvalue weighted by atomic mass is 10.1. The number of aromatic nitrogens is 2. The van der Waals surface area contributed by atoms with Gasteiger partial charge in [-0.3, -0.25) is 0 Å². The van der Waals surface area contributed by atoms with Crippen molar-refractivity contribution in [2.45, 2.75) is 19.9 Å². The van der Waals surface area contributed by atoms with E-state index in [4.69, 9.17) is 17.3 Å². The zero-order valence-corrected chi connectivity index (χ0v) is 10.6. The molecule has 1 aromatic heterocycles. The Bertz CT molecular complexity index is 538. The number of nitrogens with zero attached hydrogens (tertiary/aromatic N) is 2. The second-order valence-electron chi connectivity index (χ2n) is 4.03. The molecule has 2 rings (SSSR count). The van der Waals surface area contributed by atoms with Crippen LogP contribution in [0.2, 0.25) is 5.02 Å². The maximum absolute atomic E-state index is 5.94. The van der Waals surface area contributed by atoms with E-state index in [2.05, 4.69) is 9.97 Å². The molecule has 0 amide bonds. The van der Waals surface area contributed by atoms with Crippen LogP contribution in [0.1, 0.15) is 24.2 Å². The average Bonchev–Trinajstić information content (AvgIpc) is 2.28. The third kappa shape index (κ3) is 2.62. The van der Waals surface area contributed by atoms with Crippen molar-refractivity contribution in [1.29, 1.82) is 0 Å². The summed E-state index contributed by atoms with van der Waals surface area (Å²) in [6.07, 6.45) is 1.78. The van der Waals surface area contributed by atoms with Crippen LogP contribution in [0.3, 0.4) is 0 Å². The molecule has 4 heteroatoms. The highest BCUT2D eigenvalue weighted by Crippen LogP contribution is 2.21. The maximum atomic E-state index is 5.94. The highest BCUT2D eigenvalue weighted by Gasteiger charge is 2.08. The monoisotopic (exact) mass is 247 g/mol. The first-order valence-electron chi connectivity index (χ1n) is 5.43. The second-order valence-corrected chi connectivity index (χ2v) is 4.47. The van der Waals surface area contributed by atoms with Gasteiger partial charge in [-0.05, 0) is 26.0 Å². The molecule has 0 aliphatic heterocycles. The molecule has 1 heterocycles. The topological polar surface area (TPSA) is 51.8 Å². The number of benzene rings is 1. The summed E-state index contributed by atoms with van der Waals surface area (Å²) < 4.78 is 0. The summed E-state index contributed by atoms with van der Waals surface area (Å²) in [6, 6.07) is 7.45. The molecule has 88 valence electrons. The molecular formula is C13H14ClN3. The molecule has 2 N–H and O–H groups in total. The highest BCUT2D eigenvalue weighted by atomic mass is 35.5. The molecule has 1 atom stereocenters. The maximum Gasteiger partial charge on any atom is 0.159 e. The van der Waals surface area contributed by atoms with E-state index in [0.717, 1.165) is 16.8 Å². The molecule has 0 fully saturated rings. The van der Waals surface area contributed by atoms with Crippen LogP contribution in [0.15, 0.2) is 30.5 Å². The summed E-state index contributed by atoms with van der Waals surface area (Å²) in [5.41, 5.74) is 8.62. The van der Waals surface area contributed by atoms with E-state index >= 15 is 0 Å². The first-order chi connectivity index (χ1) is 8.08. The fourth-order valence-electron chi connectivity index (χ4n) is 1.69. The predicted molar refractivity (Wildman–Crippen MR) is 69.8 cm³/mol. The SMILES string of the molecule is Cc1nc(-c2cccc(Cl)c2)ncc1[C@H](C)N. The molecule has 0 bridgehead atoms. The Hall–Kier alpha value is -1.45. The lowest BCUT2D eigenvalue weighted by Crippen LogP contribution is -2.09. The summed E-state index contributed by atoms with van der Waals surface area (Å²) in [5.74, 6) is 0.675. The van der Waals surface area contributed by atoms with Crippen molar-refractivity contribution in [2.24, 2.45) is 5.73 Å². The molecule has 0 saturated carbocycles. The van der Waals surface area contributed by atoms with Crippen LogP contribution in [-0.2, 0) is 0 Å². The fraction of sp³-hybridized carbons (Fsp3) is 0.231. The minimum absolute atomic E-state index is 0.0524. The number of aryl methyl sites for hydroxylation is 1. The highest BCUT2D eigenvalue weighted by molar-refractivity contribution is 6.30. The van der Waals surface area contributed by atoms with Crippen LogP contribution in [0.4, 0.5) is 0 Å². The van der Waals surface area contributed by atoms with Gasteiger partial charge < -0.3 is 5.73 Å². The smallest absolute Gasteiger partial charge is 0.159 e. The lowest BCUT2D eigenvalue weighted by molar-refractivity contribution is 0.790. The van der Waals surface area contributed by atoms with Gasteiger partial charge in [-0.1, -0.05) is 23.7 Å². The van der Waals surface area contributed by atoms with E-state index in [1.165, 1.54) is 0 Å². The van der Waals surface area contributed by atoms with Gasteiger partial charge in [0.25, 0.3) is 0 Å². The van der Waals surface area contributed by atoms with E-state index in [0.29, 0.717) is 10.8 Å². The van der Waals surface area contributed by atoms with E-state index in [9.17, 15) is 0 Å². The first-order valence-corrected chi connectivity index (χ1v) is 5.81. The van der Waals surface area contributed by atoms with Crippen LogP contribution in [-0.4, -0.2) is 9.97 Å². The zero-order chi connectivity index (χ0) is 12.4. The Balaban J connectivity index is 2.44. The molecule has 0 saturated heterocycles. The van der Waals surface area contributed by atoms with Gasteiger partial charge in [0.15, 0.2) is 5.82 Å². The van der Waals surface area contributed by atoms with Crippen molar-refractivity contribution in [3.63, 3.8) is 0 Å². The fourth-order valence-corrected chi connectivity index (χ4v) is 1.88. The van der Waals surface area contributed by atoms with E-state index in [1.807, 2.05) is 38.1 Å². The Morgan fingerprint density at radius 3 is 2.71 bits per heavy atom. The van der Waals surface area contributed by atoms with Crippen molar-refractivity contribution >= 4 is 11.6 Å². The summed E-state index contributed by atoms with van der Waals surface area (Å²) in [4.78, 5) is 8.78. The molecule has 1 aromatic carbocycles. The summed E-state index contributed by atoms with van der Waals surface area (Å²) in [5, 5.41) is 0.681. The van der Waals surface area contributed by atoms with Gasteiger partial charge in [-0.2, -0.15) is 0 Å². The number of halogens is 1. The molecule has 0 spiro atoms. The quantitative estimate of drug-likeness (QED) is 0.887. The molecule has 2 aromatic rings. The predicted octanol–water partition coefficient (Wildman–Crippen LogP) is 3.13. The van der Waals surface area contributed by atoms with Crippen LogP contribution in [0.5, 0.6) is 0 Å². The summed E-state index contributed by atoms with van der Waals surface area (Å²) in [6.45, 7) is 3.86. The molecule has 0 aliphatic carbocycles. The lowest BCUT2D eigenvalue weighted by Gasteiger charge is -2.09. The number of nitrogens with two attached hydrogens (primary N) is 1. The number of hydrogen-bond donors (Lipinski definition) is 1. The van der Waals surface area contributed by atoms with Crippen LogP contribution in [0, 0.1) is 6.92 Å². The van der Waals surface area contributed by atoms with Crippen LogP contribution >= 0.6 is 11.6 Å². The first kappa shape index (κ1) is 12.0. The Morgan fingerprint density at radius 1 is 1.35 bits per heavy atom. The van der Waals surface area contributed by atoms with E-state index in [1.54, 1.807) is 6.20 Å². The van der Waals surface area contributed by atoms with Crippen molar-refractivity contribution in [3.05, 3.63) is 46.7 Å². The van der Waals surface area contributed by atoms with Crippen molar-refractivity contribution in [3.8, 4) is 11.4 Å². The third-order valence-electron chi connectivity index (χ3n) is 2.59. The van der Waals surface area contributed by atoms with Gasteiger partial charge in [0.2, 0.25) is 0 Å². The Morgan fingerprint density at radius 2 is 2.12 bits per heavy atom. The molecule has 0 radical (unpaired) electrons. The summed E-state index contributed by atoms with van der Waals surface area (Å²) >= 11 is 5.94. The van der Waals surface area contributed by atoms with Crippen molar-refractivity contribution in [1.82, 2.24) is 9.97 Å². The van der Waals surface area contributed by atoms with E-state index in [-0.39, 0.29) is 6.04 Å². The largest absolute Gasteiger partial charge is 0.324 e. The molecule has 0 aliphatic rings. The van der Waals surface area contributed by atoms with Gasteiger partial charge in [0.1, 0.15) is 0 Å². The molecule has 0 unspecified atom stereocenters. The third-order valence-corrected chi connectivity index (χ3v) is 2.83. The van der Waals surface area contributed by atoms with Gasteiger partial charge in [0.05, 0.1) is 0 Å². The van der Waals surface area contributed by atoms with Crippen molar-refractivity contribution in [2.75, 3.05) is 0 Å². The molecular weight excluding hydrogens is 234 g/mol. The van der Waals surface area contributed by atoms with Crippen LogP contribution < -0.4 is 5.73 Å². The van der Waals surface area contributed by atoms with Gasteiger partial charge in [0, 0.05) is 34.1 Å². The number of rotatable bonds is 2. The number of hydrogen-bond acceptors (Lipinski definition) is 3. The Kier molecular flexibility index (Phi) is 3.41. The standard InChI is InChI=1S/C13H14ClN3/c1-8(15)12-7-16-13(17-9(12)2)10-4-3-5-11(14)6-10/h3-8H,15H2,1-2H3/t8-/m0/s1. The van der Waals surface area contributed by atoms with E-state index < -0.39 is 0 Å². The molecule has 3 nitrogen and oxygen atoms in total. The van der Waals surface area contributed by atoms with Gasteiger partial charge in [-0.15, -0.1) is 0 Å². The average molecular weight is 248 g/mol. The molecule has 17 heavy (non-hydrogen) atoms. The zero-order valence-electron chi connectivity index (χ0n) is 9.81. The van der Waals surface area contributed by atoms with Gasteiger partial charge in [-0.25, -0.2) is 9.97 Å². The normalized spacial score (nSPS) is 12.5. The van der Waals surface area contributed by atoms with Gasteiger partial charge >= 0.3 is 0 Å². The van der Waals surface area contributed by atoms with Crippen LogP contribution in [0.25, 0.3) is 11.4 Å².